The summed E-state index contributed by atoms with van der Waals surface area (Å²) < 4.78 is 0. The van der Waals surface area contributed by atoms with E-state index in [1.807, 2.05) is 20.2 Å². The molecule has 1 N–H and O–H groups in total. The molecule has 1 amide bonds. The largest absolute Gasteiger partial charge is 0.341 e. The summed E-state index contributed by atoms with van der Waals surface area (Å²) >= 11 is 0. The summed E-state index contributed by atoms with van der Waals surface area (Å²) in [4.78, 5) is 13.4. The van der Waals surface area contributed by atoms with E-state index in [0.29, 0.717) is 13.0 Å². The lowest BCUT2D eigenvalue weighted by Gasteiger charge is -2.17. The minimum absolute atomic E-state index is 0. The molecular weight excluding hydrogens is 236 g/mol. The van der Waals surface area contributed by atoms with Crippen molar-refractivity contribution in [2.24, 2.45) is 0 Å². The fraction of sp³-hybridized carbons (Fsp3) is 0.462. The second-order valence-corrected chi connectivity index (χ2v) is 4.09. The zero-order valence-corrected chi connectivity index (χ0v) is 11.5. The molecule has 0 unspecified atom stereocenters. The first-order valence-electron chi connectivity index (χ1n) is 5.57. The van der Waals surface area contributed by atoms with Gasteiger partial charge in [-0.15, -0.1) is 12.4 Å². The van der Waals surface area contributed by atoms with E-state index in [4.69, 9.17) is 0 Å². The highest BCUT2D eigenvalue weighted by Crippen LogP contribution is 2.07. The normalized spacial score (nSPS) is 9.59. The number of aryl methyl sites for hydroxylation is 1. The van der Waals surface area contributed by atoms with Crippen molar-refractivity contribution in [3.8, 4) is 0 Å². The molecule has 3 nitrogen and oxygen atoms in total. The Morgan fingerprint density at radius 1 is 1.41 bits per heavy atom. The van der Waals surface area contributed by atoms with Crippen LogP contribution < -0.4 is 5.32 Å². The van der Waals surface area contributed by atoms with Crippen LogP contribution in [0.4, 0.5) is 0 Å². The first-order valence-corrected chi connectivity index (χ1v) is 5.57. The number of carbonyl (C=O) groups excluding carboxylic acids is 1. The molecule has 0 heterocycles. The molecule has 0 atom stereocenters. The van der Waals surface area contributed by atoms with Crippen LogP contribution in [-0.2, 0) is 11.3 Å². The molecule has 1 aromatic carbocycles. The van der Waals surface area contributed by atoms with E-state index in [9.17, 15) is 4.79 Å². The zero-order valence-electron chi connectivity index (χ0n) is 10.7. The van der Waals surface area contributed by atoms with E-state index in [1.54, 1.807) is 4.90 Å². The Morgan fingerprint density at radius 2 is 2.12 bits per heavy atom. The van der Waals surface area contributed by atoms with E-state index in [2.05, 4.69) is 30.4 Å². The molecule has 96 valence electrons. The third-order valence-electron chi connectivity index (χ3n) is 2.52. The summed E-state index contributed by atoms with van der Waals surface area (Å²) in [5, 5.41) is 2.98. The third-order valence-corrected chi connectivity index (χ3v) is 2.52. The van der Waals surface area contributed by atoms with Gasteiger partial charge in [-0.3, -0.25) is 4.79 Å². The van der Waals surface area contributed by atoms with Crippen LogP contribution in [0.25, 0.3) is 0 Å². The van der Waals surface area contributed by atoms with E-state index in [-0.39, 0.29) is 18.3 Å². The van der Waals surface area contributed by atoms with Crippen LogP contribution in [-0.4, -0.2) is 31.4 Å². The molecule has 0 aromatic heterocycles. The summed E-state index contributed by atoms with van der Waals surface area (Å²) in [7, 11) is 3.70. The zero-order chi connectivity index (χ0) is 12.0. The fourth-order valence-corrected chi connectivity index (χ4v) is 1.60. The molecular formula is C13H21ClN2O. The lowest BCUT2D eigenvalue weighted by Crippen LogP contribution is -2.28. The van der Waals surface area contributed by atoms with Gasteiger partial charge in [-0.25, -0.2) is 0 Å². The Hall–Kier alpha value is -1.06. The minimum atomic E-state index is 0. The van der Waals surface area contributed by atoms with Crippen LogP contribution in [0.1, 0.15) is 17.5 Å². The number of benzene rings is 1. The quantitative estimate of drug-likeness (QED) is 0.874. The number of halogens is 1. The molecule has 1 aromatic rings. The average molecular weight is 257 g/mol. The van der Waals surface area contributed by atoms with Crippen molar-refractivity contribution in [1.82, 2.24) is 10.2 Å². The Balaban J connectivity index is 0.00000256. The van der Waals surface area contributed by atoms with Crippen molar-refractivity contribution in [2.75, 3.05) is 20.6 Å². The predicted molar refractivity (Wildman–Crippen MR) is 73.4 cm³/mol. The second kappa shape index (κ2) is 8.09. The van der Waals surface area contributed by atoms with Crippen molar-refractivity contribution >= 4 is 18.3 Å². The van der Waals surface area contributed by atoms with Gasteiger partial charge >= 0.3 is 0 Å². The monoisotopic (exact) mass is 256 g/mol. The summed E-state index contributed by atoms with van der Waals surface area (Å²) in [6.45, 7) is 3.48. The van der Waals surface area contributed by atoms with Gasteiger partial charge in [-0.2, -0.15) is 0 Å². The topological polar surface area (TPSA) is 32.3 Å². The van der Waals surface area contributed by atoms with Crippen LogP contribution >= 0.6 is 12.4 Å². The Bertz CT molecular complexity index is 355. The van der Waals surface area contributed by atoms with Crippen molar-refractivity contribution < 1.29 is 4.79 Å². The van der Waals surface area contributed by atoms with Crippen molar-refractivity contribution in [2.45, 2.75) is 19.9 Å². The molecule has 1 rings (SSSR count). The Morgan fingerprint density at radius 3 is 2.71 bits per heavy atom. The Kier molecular flexibility index (Phi) is 7.59. The van der Waals surface area contributed by atoms with Crippen LogP contribution in [0.5, 0.6) is 0 Å². The van der Waals surface area contributed by atoms with Gasteiger partial charge in [0.25, 0.3) is 0 Å². The number of hydrogen-bond donors (Lipinski definition) is 1. The van der Waals surface area contributed by atoms with Gasteiger partial charge < -0.3 is 10.2 Å². The van der Waals surface area contributed by atoms with E-state index < -0.39 is 0 Å². The molecule has 0 saturated heterocycles. The van der Waals surface area contributed by atoms with E-state index in [1.165, 1.54) is 11.1 Å². The SMILES string of the molecule is CNCCC(=O)N(C)Cc1cccc(C)c1.Cl. The van der Waals surface area contributed by atoms with Crippen LogP contribution in [0.2, 0.25) is 0 Å². The molecule has 4 heteroatoms. The maximum Gasteiger partial charge on any atom is 0.223 e. The van der Waals surface area contributed by atoms with Crippen LogP contribution in [0.15, 0.2) is 24.3 Å². The van der Waals surface area contributed by atoms with Gasteiger partial charge in [-0.05, 0) is 19.5 Å². The van der Waals surface area contributed by atoms with Gasteiger partial charge in [0.15, 0.2) is 0 Å². The first-order chi connectivity index (χ1) is 7.63. The van der Waals surface area contributed by atoms with Gasteiger partial charge in [0.1, 0.15) is 0 Å². The molecule has 0 aliphatic carbocycles. The summed E-state index contributed by atoms with van der Waals surface area (Å²) in [5.74, 6) is 0.177. The first kappa shape index (κ1) is 15.9. The molecule has 0 saturated carbocycles. The minimum Gasteiger partial charge on any atom is -0.341 e. The van der Waals surface area contributed by atoms with Crippen LogP contribution in [0, 0.1) is 6.92 Å². The lowest BCUT2D eigenvalue weighted by atomic mass is 10.1. The second-order valence-electron chi connectivity index (χ2n) is 4.09. The number of nitrogens with one attached hydrogen (secondary N) is 1. The summed E-state index contributed by atoms with van der Waals surface area (Å²) in [6.07, 6.45) is 0.554. The maximum absolute atomic E-state index is 11.7. The van der Waals surface area contributed by atoms with Gasteiger partial charge in [0.05, 0.1) is 0 Å². The number of amides is 1. The Labute approximate surface area is 110 Å². The predicted octanol–water partition coefficient (Wildman–Crippen LogP) is 1.98. The van der Waals surface area contributed by atoms with Crippen molar-refractivity contribution in [3.63, 3.8) is 0 Å². The smallest absolute Gasteiger partial charge is 0.223 e. The highest BCUT2D eigenvalue weighted by atomic mass is 35.5. The van der Waals surface area contributed by atoms with Gasteiger partial charge in [-0.1, -0.05) is 29.8 Å². The number of hydrogen-bond acceptors (Lipinski definition) is 2. The summed E-state index contributed by atoms with van der Waals surface area (Å²) in [5.41, 5.74) is 2.41. The molecule has 0 spiro atoms. The highest BCUT2D eigenvalue weighted by molar-refractivity contribution is 5.85. The highest BCUT2D eigenvalue weighted by Gasteiger charge is 2.08. The molecule has 0 fully saturated rings. The lowest BCUT2D eigenvalue weighted by molar-refractivity contribution is -0.130. The van der Waals surface area contributed by atoms with Crippen molar-refractivity contribution in [1.29, 1.82) is 0 Å². The van der Waals surface area contributed by atoms with Crippen LogP contribution in [0.3, 0.4) is 0 Å². The number of rotatable bonds is 5. The third kappa shape index (κ3) is 5.71. The average Bonchev–Trinajstić information content (AvgIpc) is 2.25. The number of nitrogens with zero attached hydrogens (tertiary/aromatic N) is 1. The molecule has 0 aliphatic rings. The standard InChI is InChI=1S/C13H20N2O.ClH/c1-11-5-4-6-12(9-11)10-15(3)13(16)7-8-14-2;/h4-6,9,14H,7-8,10H2,1-3H3;1H. The summed E-state index contributed by atoms with van der Waals surface area (Å²) in [6, 6.07) is 8.25. The van der Waals surface area contributed by atoms with Gasteiger partial charge in [0, 0.05) is 26.6 Å². The molecule has 17 heavy (non-hydrogen) atoms. The fourth-order valence-electron chi connectivity index (χ4n) is 1.60. The molecule has 0 aliphatic heterocycles. The number of carbonyl (C=O) groups is 1. The van der Waals surface area contributed by atoms with E-state index in [0.717, 1.165) is 6.54 Å². The maximum atomic E-state index is 11.7. The van der Waals surface area contributed by atoms with E-state index >= 15 is 0 Å². The van der Waals surface area contributed by atoms with Gasteiger partial charge in [0.2, 0.25) is 5.91 Å². The molecule has 0 radical (unpaired) electrons. The molecule has 0 bridgehead atoms. The van der Waals surface area contributed by atoms with Crippen molar-refractivity contribution in [3.05, 3.63) is 35.4 Å².